The lowest BCUT2D eigenvalue weighted by Crippen LogP contribution is -2.35. The fraction of sp³-hybridized carbons (Fsp3) is 0.368. The molecule has 0 amide bonds. The van der Waals surface area contributed by atoms with Crippen molar-refractivity contribution < 1.29 is 0 Å². The lowest BCUT2D eigenvalue weighted by Gasteiger charge is -2.36. The maximum atomic E-state index is 11.9. The molecule has 1 aliphatic rings. The Bertz CT molecular complexity index is 1010. The van der Waals surface area contributed by atoms with Crippen LogP contribution in [0, 0.1) is 6.92 Å². The van der Waals surface area contributed by atoms with Crippen LogP contribution in [0.1, 0.15) is 30.1 Å². The van der Waals surface area contributed by atoms with Crippen LogP contribution in [-0.4, -0.2) is 40.3 Å². The van der Waals surface area contributed by atoms with E-state index in [0.29, 0.717) is 12.0 Å². The number of aromatic nitrogens is 4. The largest absolute Gasteiger partial charge is 0.365 e. The minimum Gasteiger partial charge on any atom is -0.365 e. The third-order valence-corrected chi connectivity index (χ3v) is 4.94. The molecule has 0 radical (unpaired) electrons. The van der Waals surface area contributed by atoms with E-state index >= 15 is 0 Å². The SMILES string of the molecule is Cc1nnc(NC2CC(c3cc(=O)[nH]c(N(C)C)n3)C2)c2ccccc12. The molecule has 1 aromatic carbocycles. The highest BCUT2D eigenvalue weighted by Crippen LogP contribution is 2.38. The van der Waals surface area contributed by atoms with Crippen LogP contribution in [0.4, 0.5) is 11.8 Å². The van der Waals surface area contributed by atoms with Crippen LogP contribution in [0.15, 0.2) is 35.1 Å². The molecule has 7 heteroatoms. The predicted molar refractivity (Wildman–Crippen MR) is 103 cm³/mol. The Morgan fingerprint density at radius 2 is 1.88 bits per heavy atom. The molecule has 0 spiro atoms. The summed E-state index contributed by atoms with van der Waals surface area (Å²) in [7, 11) is 3.74. The van der Waals surface area contributed by atoms with Gasteiger partial charge in [-0.1, -0.05) is 24.3 Å². The molecule has 1 saturated carbocycles. The lowest BCUT2D eigenvalue weighted by molar-refractivity contribution is 0.366. The number of nitrogens with zero attached hydrogens (tertiary/aromatic N) is 4. The normalized spacial score (nSPS) is 19.2. The van der Waals surface area contributed by atoms with E-state index in [0.717, 1.165) is 40.8 Å². The van der Waals surface area contributed by atoms with E-state index < -0.39 is 0 Å². The molecule has 2 aromatic heterocycles. The van der Waals surface area contributed by atoms with Gasteiger partial charge in [0, 0.05) is 42.9 Å². The van der Waals surface area contributed by atoms with E-state index in [9.17, 15) is 4.79 Å². The molecule has 1 fully saturated rings. The average molecular weight is 350 g/mol. The molecule has 2 N–H and O–H groups in total. The van der Waals surface area contributed by atoms with Gasteiger partial charge in [-0.25, -0.2) is 4.98 Å². The molecule has 7 nitrogen and oxygen atoms in total. The van der Waals surface area contributed by atoms with E-state index in [1.54, 1.807) is 6.07 Å². The Kier molecular flexibility index (Phi) is 4.06. The Balaban J connectivity index is 1.50. The van der Waals surface area contributed by atoms with Crippen LogP contribution in [0.5, 0.6) is 0 Å². The maximum Gasteiger partial charge on any atom is 0.252 e. The van der Waals surface area contributed by atoms with Gasteiger partial charge in [-0.2, -0.15) is 5.10 Å². The van der Waals surface area contributed by atoms with E-state index in [1.807, 2.05) is 38.1 Å². The molecule has 26 heavy (non-hydrogen) atoms. The summed E-state index contributed by atoms with van der Waals surface area (Å²) < 4.78 is 0. The highest BCUT2D eigenvalue weighted by Gasteiger charge is 2.32. The summed E-state index contributed by atoms with van der Waals surface area (Å²) in [6, 6.07) is 10.1. The van der Waals surface area contributed by atoms with E-state index in [2.05, 4.69) is 37.6 Å². The van der Waals surface area contributed by atoms with E-state index in [4.69, 9.17) is 0 Å². The second kappa shape index (κ2) is 6.40. The Hall–Kier alpha value is -2.96. The predicted octanol–water partition coefficient (Wildman–Crippen LogP) is 2.45. The minimum absolute atomic E-state index is 0.106. The summed E-state index contributed by atoms with van der Waals surface area (Å²) in [6.07, 6.45) is 1.85. The molecular formula is C19H22N6O. The molecule has 0 saturated heterocycles. The van der Waals surface area contributed by atoms with Gasteiger partial charge >= 0.3 is 0 Å². The van der Waals surface area contributed by atoms with Crippen LogP contribution in [0.3, 0.4) is 0 Å². The van der Waals surface area contributed by atoms with Crippen molar-refractivity contribution in [3.8, 4) is 0 Å². The molecule has 3 aromatic rings. The maximum absolute atomic E-state index is 11.9. The third-order valence-electron chi connectivity index (χ3n) is 4.94. The molecule has 0 bridgehead atoms. The highest BCUT2D eigenvalue weighted by atomic mass is 16.1. The zero-order valence-corrected chi connectivity index (χ0v) is 15.2. The van der Waals surface area contributed by atoms with Gasteiger partial charge < -0.3 is 10.2 Å². The van der Waals surface area contributed by atoms with Crippen LogP contribution >= 0.6 is 0 Å². The fourth-order valence-corrected chi connectivity index (χ4v) is 3.40. The van der Waals surface area contributed by atoms with Crippen molar-refractivity contribution in [1.29, 1.82) is 0 Å². The summed E-state index contributed by atoms with van der Waals surface area (Å²) in [5.74, 6) is 1.71. The Morgan fingerprint density at radius 1 is 1.15 bits per heavy atom. The first-order chi connectivity index (χ1) is 12.5. The van der Waals surface area contributed by atoms with E-state index in [-0.39, 0.29) is 11.5 Å². The third kappa shape index (κ3) is 3.00. The van der Waals surface area contributed by atoms with Gasteiger partial charge in [-0.05, 0) is 19.8 Å². The number of H-pyrrole nitrogens is 1. The number of rotatable bonds is 4. The topological polar surface area (TPSA) is 86.8 Å². The smallest absolute Gasteiger partial charge is 0.252 e. The number of hydrogen-bond acceptors (Lipinski definition) is 6. The molecule has 1 aliphatic carbocycles. The molecular weight excluding hydrogens is 328 g/mol. The van der Waals surface area contributed by atoms with Crippen LogP contribution in [-0.2, 0) is 0 Å². The summed E-state index contributed by atoms with van der Waals surface area (Å²) in [4.78, 5) is 21.0. The number of hydrogen-bond donors (Lipinski definition) is 2. The highest BCUT2D eigenvalue weighted by molar-refractivity contribution is 5.92. The van der Waals surface area contributed by atoms with Gasteiger partial charge in [-0.3, -0.25) is 9.78 Å². The molecule has 134 valence electrons. The zero-order valence-electron chi connectivity index (χ0n) is 15.2. The first-order valence-electron chi connectivity index (χ1n) is 8.78. The summed E-state index contributed by atoms with van der Waals surface area (Å²) in [5, 5.41) is 14.3. The number of fused-ring (bicyclic) bond motifs is 1. The van der Waals surface area contributed by atoms with Gasteiger partial charge in [0.25, 0.3) is 5.56 Å². The molecule has 2 heterocycles. The second-order valence-electron chi connectivity index (χ2n) is 7.08. The summed E-state index contributed by atoms with van der Waals surface area (Å²) in [5.41, 5.74) is 1.68. The quantitative estimate of drug-likeness (QED) is 0.752. The fourth-order valence-electron chi connectivity index (χ4n) is 3.40. The standard InChI is InChI=1S/C19H22N6O/c1-11-14-6-4-5-7-15(14)18(24-23-11)20-13-8-12(9-13)16-10-17(26)22-19(21-16)25(2)3/h4-7,10,12-13H,8-9H2,1-3H3,(H,20,24)(H,21,22,26). The molecule has 4 rings (SSSR count). The molecule has 0 aliphatic heterocycles. The number of aryl methyl sites for hydroxylation is 1. The van der Waals surface area contributed by atoms with Gasteiger partial charge in [0.1, 0.15) is 0 Å². The molecule has 0 unspecified atom stereocenters. The Morgan fingerprint density at radius 3 is 2.62 bits per heavy atom. The Labute approximate surface area is 151 Å². The lowest BCUT2D eigenvalue weighted by atomic mass is 9.78. The second-order valence-corrected chi connectivity index (χ2v) is 7.08. The summed E-state index contributed by atoms with van der Waals surface area (Å²) in [6.45, 7) is 1.97. The van der Waals surface area contributed by atoms with Crippen molar-refractivity contribution in [3.63, 3.8) is 0 Å². The molecule has 0 atom stereocenters. The number of anilines is 2. The average Bonchev–Trinajstić information content (AvgIpc) is 2.59. The number of aromatic amines is 1. The van der Waals surface area contributed by atoms with Gasteiger partial charge in [0.05, 0.1) is 11.4 Å². The minimum atomic E-state index is -0.106. The summed E-state index contributed by atoms with van der Waals surface area (Å²) >= 11 is 0. The first-order valence-corrected chi connectivity index (χ1v) is 8.78. The van der Waals surface area contributed by atoms with Crippen molar-refractivity contribution >= 4 is 22.5 Å². The van der Waals surface area contributed by atoms with Crippen LogP contribution in [0.2, 0.25) is 0 Å². The zero-order chi connectivity index (χ0) is 18.3. The van der Waals surface area contributed by atoms with Crippen LogP contribution < -0.4 is 15.8 Å². The monoisotopic (exact) mass is 350 g/mol. The van der Waals surface area contributed by atoms with Crippen molar-refractivity contribution in [2.45, 2.75) is 31.7 Å². The number of benzene rings is 1. The first kappa shape index (κ1) is 16.5. The van der Waals surface area contributed by atoms with Gasteiger partial charge in [0.15, 0.2) is 5.82 Å². The van der Waals surface area contributed by atoms with Crippen LogP contribution in [0.25, 0.3) is 10.8 Å². The van der Waals surface area contributed by atoms with E-state index in [1.165, 1.54) is 0 Å². The van der Waals surface area contributed by atoms with Crippen molar-refractivity contribution in [2.24, 2.45) is 0 Å². The van der Waals surface area contributed by atoms with Gasteiger partial charge in [0.2, 0.25) is 5.95 Å². The van der Waals surface area contributed by atoms with Crippen molar-refractivity contribution in [2.75, 3.05) is 24.3 Å². The van der Waals surface area contributed by atoms with Gasteiger partial charge in [-0.15, -0.1) is 5.10 Å². The van der Waals surface area contributed by atoms with Crippen molar-refractivity contribution in [1.82, 2.24) is 20.2 Å². The van der Waals surface area contributed by atoms with Crippen molar-refractivity contribution in [3.05, 3.63) is 52.1 Å². The number of nitrogens with one attached hydrogen (secondary N) is 2.